The van der Waals surface area contributed by atoms with E-state index in [1.807, 2.05) is 126 Å². The minimum atomic E-state index is -1.51. The molecule has 408 valence electrons. The largest absolute Gasteiger partial charge is 0.479 e. The van der Waals surface area contributed by atoms with Crippen LogP contribution in [0, 0.1) is 24.5 Å². The highest BCUT2D eigenvalue weighted by Gasteiger charge is 2.15. The molecule has 1 unspecified atom stereocenters. The number of carbonyl (C=O) groups is 4. The normalized spacial score (nSPS) is 9.57. The Bertz CT molecular complexity index is 3240. The number of aldehydes is 1. The van der Waals surface area contributed by atoms with Gasteiger partial charge in [-0.15, -0.1) is 17.5 Å². The summed E-state index contributed by atoms with van der Waals surface area (Å²) in [5.41, 5.74) is 11.3. The number of nitrogens with zero attached hydrogens (tertiary/aromatic N) is 6. The van der Waals surface area contributed by atoms with Gasteiger partial charge in [0.05, 0.1) is 36.2 Å². The molecule has 1 atom stereocenters. The number of nitrogens with two attached hydrogens (primary N) is 1. The highest BCUT2D eigenvalue weighted by molar-refractivity contribution is 6.42. The topological polar surface area (TPSA) is 275 Å². The van der Waals surface area contributed by atoms with Gasteiger partial charge < -0.3 is 20.7 Å². The minimum Gasteiger partial charge on any atom is -0.479 e. The molecule has 8 N–H and O–H groups in total. The Balaban J connectivity index is 0.000000967. The molecule has 8 aromatic rings. The van der Waals surface area contributed by atoms with Crippen molar-refractivity contribution >= 4 is 64.9 Å². The maximum absolute atomic E-state index is 11.9. The molecule has 19 heteroatoms. The van der Waals surface area contributed by atoms with Crippen LogP contribution in [0.25, 0.3) is 26.8 Å². The molecule has 0 amide bonds. The van der Waals surface area contributed by atoms with E-state index in [0.717, 1.165) is 17.5 Å². The van der Waals surface area contributed by atoms with Crippen molar-refractivity contribution in [2.75, 3.05) is 10.9 Å². The maximum Gasteiger partial charge on any atom is 0.356 e. The predicted octanol–water partition coefficient (Wildman–Crippen LogP) is 12.8. The van der Waals surface area contributed by atoms with Crippen molar-refractivity contribution in [1.82, 2.24) is 14.8 Å². The van der Waals surface area contributed by atoms with Crippen LogP contribution in [-0.4, -0.2) is 59.8 Å². The van der Waals surface area contributed by atoms with Crippen LogP contribution >= 0.6 is 12.4 Å². The lowest BCUT2D eigenvalue weighted by atomic mass is 10.1. The van der Waals surface area contributed by atoms with Crippen molar-refractivity contribution in [1.29, 1.82) is 5.26 Å². The molecule has 0 radical (unpaired) electrons. The summed E-state index contributed by atoms with van der Waals surface area (Å²) in [5.74, 6) is 3.16. The van der Waals surface area contributed by atoms with Crippen molar-refractivity contribution in [2.24, 2.45) is 10.9 Å². The van der Waals surface area contributed by atoms with Crippen molar-refractivity contribution in [3.05, 3.63) is 249 Å². The van der Waals surface area contributed by atoms with Gasteiger partial charge >= 0.3 is 17.6 Å². The zero-order valence-electron chi connectivity index (χ0n) is 44.6. The number of aromatic nitrogens is 3. The van der Waals surface area contributed by atoms with E-state index in [4.69, 9.17) is 34.5 Å². The first kappa shape index (κ1) is 68.7. The van der Waals surface area contributed by atoms with Gasteiger partial charge in [0.1, 0.15) is 6.29 Å². The number of halogens is 1. The summed E-state index contributed by atoms with van der Waals surface area (Å²) in [6, 6.07) is 55.3. The van der Waals surface area contributed by atoms with Crippen molar-refractivity contribution in [2.45, 2.75) is 54.6 Å². The Kier molecular flexibility index (Phi) is 34.9. The lowest BCUT2D eigenvalue weighted by Crippen LogP contribution is -2.16. The molecular formula is C60H63ClN10O8. The number of ketones is 1. The summed E-state index contributed by atoms with van der Waals surface area (Å²) < 4.78 is 1.31. The molecule has 0 spiro atoms. The predicted molar refractivity (Wildman–Crippen MR) is 314 cm³/mol. The number of benzene rings is 7. The SMILES string of the molecule is CC.CC.CC.Cl.N#Cc1ccc(/C(=N/Nc2ccccc2)C(=O)O)cc1.NNc1ccccc1.O=Cc1ccc(-c2nn(-c3ccccc3)c(=O)[nH]2)cc1.[C-]#[N+]c1ccc(C(C)=O)cc1.[C-]#[N+]c1ccc(C(O)C(=O)O)cc1. The number of aliphatic carboxylic acids is 2. The number of aliphatic hydroxyl groups excluding tert-OH is 1. The number of hydrazone groups is 1. The average Bonchev–Trinajstić information content (AvgIpc) is 3.92. The fraction of sp³-hybridized carbons (Fsp3) is 0.133. The molecule has 7 aromatic carbocycles. The second kappa shape index (κ2) is 40.1. The third kappa shape index (κ3) is 24.7. The summed E-state index contributed by atoms with van der Waals surface area (Å²) in [7, 11) is 0. The van der Waals surface area contributed by atoms with Crippen LogP contribution in [-0.2, 0) is 9.59 Å². The zero-order valence-corrected chi connectivity index (χ0v) is 45.4. The molecule has 0 aliphatic carbocycles. The maximum atomic E-state index is 11.9. The fourth-order valence-electron chi connectivity index (χ4n) is 5.67. The molecule has 8 rings (SSSR count). The smallest absolute Gasteiger partial charge is 0.356 e. The molecule has 18 nitrogen and oxygen atoms in total. The molecule has 0 saturated heterocycles. The van der Waals surface area contributed by atoms with Gasteiger partial charge in [-0.05, 0) is 61.0 Å². The van der Waals surface area contributed by atoms with Gasteiger partial charge in [-0.25, -0.2) is 24.1 Å². The number of aromatic amines is 1. The minimum absolute atomic E-state index is 0. The van der Waals surface area contributed by atoms with Crippen molar-refractivity contribution in [3.63, 3.8) is 0 Å². The number of H-pyrrole nitrogens is 1. The Morgan fingerprint density at radius 1 is 0.696 bits per heavy atom. The summed E-state index contributed by atoms with van der Waals surface area (Å²) >= 11 is 0. The van der Waals surface area contributed by atoms with Gasteiger partial charge in [0.25, 0.3) is 0 Å². The highest BCUT2D eigenvalue weighted by Crippen LogP contribution is 2.19. The number of nitrogens with one attached hydrogen (secondary N) is 3. The second-order valence-electron chi connectivity index (χ2n) is 14.4. The number of hydrogen-bond acceptors (Lipinski definition) is 12. The molecule has 79 heavy (non-hydrogen) atoms. The van der Waals surface area contributed by atoms with Gasteiger partial charge in [-0.1, -0.05) is 181 Å². The molecule has 1 aromatic heterocycles. The molecule has 0 aliphatic heterocycles. The summed E-state index contributed by atoms with van der Waals surface area (Å²) in [5, 5.41) is 43.6. The number of Topliss-reactive ketones (excluding diaryl/α,β-unsaturated/α-hetero) is 1. The number of nitrogen functional groups attached to an aromatic ring is 1. The number of anilines is 2. The zero-order chi connectivity index (χ0) is 58.3. The third-order valence-corrected chi connectivity index (χ3v) is 9.41. The summed E-state index contributed by atoms with van der Waals surface area (Å²) in [4.78, 5) is 63.9. The number of aliphatic hydroxyl groups is 1. The van der Waals surface area contributed by atoms with Crippen LogP contribution in [0.2, 0.25) is 0 Å². The number of carboxylic acids is 2. The molecular weight excluding hydrogens is 1020 g/mol. The van der Waals surface area contributed by atoms with Gasteiger partial charge in [-0.3, -0.25) is 25.8 Å². The van der Waals surface area contributed by atoms with E-state index in [9.17, 15) is 29.1 Å². The van der Waals surface area contributed by atoms with Crippen LogP contribution in [0.1, 0.15) is 92.0 Å². The number of carbonyl (C=O) groups excluding carboxylic acids is 2. The molecule has 0 fully saturated rings. The molecule has 0 saturated carbocycles. The number of rotatable bonds is 11. The monoisotopic (exact) mass is 1090 g/mol. The first-order chi connectivity index (χ1) is 37.8. The van der Waals surface area contributed by atoms with Gasteiger partial charge in [-0.2, -0.15) is 15.0 Å². The van der Waals surface area contributed by atoms with Crippen LogP contribution in [0.3, 0.4) is 0 Å². The van der Waals surface area contributed by atoms with Crippen LogP contribution in [0.15, 0.2) is 198 Å². The van der Waals surface area contributed by atoms with E-state index in [1.54, 1.807) is 84.9 Å². The molecule has 0 aliphatic rings. The lowest BCUT2D eigenvalue weighted by Gasteiger charge is -2.04. The average molecular weight is 1090 g/mol. The summed E-state index contributed by atoms with van der Waals surface area (Å²) in [6.07, 6.45) is -0.741. The first-order valence-corrected chi connectivity index (χ1v) is 24.1. The number of para-hydroxylation sites is 3. The molecule has 1 heterocycles. The third-order valence-electron chi connectivity index (χ3n) is 9.41. The number of carboxylic acid groups (broad SMARTS) is 2. The van der Waals surface area contributed by atoms with E-state index in [2.05, 4.69) is 35.7 Å². The summed E-state index contributed by atoms with van der Waals surface area (Å²) in [6.45, 7) is 26.8. The van der Waals surface area contributed by atoms with Crippen LogP contribution in [0.4, 0.5) is 22.7 Å². The quantitative estimate of drug-likeness (QED) is 0.0159. The Hall–Kier alpha value is -10.3. The van der Waals surface area contributed by atoms with Crippen molar-refractivity contribution in [3.8, 4) is 23.1 Å². The van der Waals surface area contributed by atoms with E-state index < -0.39 is 18.0 Å². The van der Waals surface area contributed by atoms with E-state index in [0.29, 0.717) is 50.8 Å². The van der Waals surface area contributed by atoms with Gasteiger partial charge in [0.15, 0.2) is 34.8 Å². The van der Waals surface area contributed by atoms with E-state index in [1.165, 1.54) is 35.9 Å². The highest BCUT2D eigenvalue weighted by atomic mass is 35.5. The van der Waals surface area contributed by atoms with E-state index in [-0.39, 0.29) is 35.2 Å². The standard InChI is InChI=1S/2C15H11N3O2.C9H7NO3.C9H7NO.C6H8N2.3C2H6.ClH/c19-10-11-6-8-12(9-7-11)14-16-15(20)18(17-14)13-4-2-1-3-5-13;16-10-11-6-8-12(9-7-11)14(15(19)20)18-17-13-4-2-1-3-5-13;1-10-7-4-2-6(3-5-7)8(11)9(12)13;1-7(11)8-3-5-9(10-2)6-4-8;7-8-6-4-2-1-3-5-6;3*1-2;/h1-10H,(H,16,17,20);1-9,17H,(H,19,20);2-5,8,11H,(H,12,13);3-6H,1H3;1-5,8H,7H2;3*1-2H3;1H/b;18-14-;;;;;;;. The number of hydrazine groups is 1. The second-order valence-corrected chi connectivity index (χ2v) is 14.4. The van der Waals surface area contributed by atoms with Crippen molar-refractivity contribution < 1.29 is 34.5 Å². The number of nitriles is 1. The fourth-order valence-corrected chi connectivity index (χ4v) is 5.67. The Labute approximate surface area is 466 Å². The van der Waals surface area contributed by atoms with Gasteiger partial charge in [0, 0.05) is 27.9 Å². The first-order valence-electron chi connectivity index (χ1n) is 24.1. The Morgan fingerprint density at radius 2 is 1.15 bits per heavy atom. The molecule has 0 bridgehead atoms. The number of hydrogen-bond donors (Lipinski definition) is 7. The lowest BCUT2D eigenvalue weighted by molar-refractivity contribution is -0.147. The van der Waals surface area contributed by atoms with E-state index >= 15 is 0 Å². The van der Waals surface area contributed by atoms with Gasteiger partial charge in [0.2, 0.25) is 0 Å². The Morgan fingerprint density at radius 3 is 1.56 bits per heavy atom. The van der Waals surface area contributed by atoms with Crippen LogP contribution < -0.4 is 22.4 Å². The van der Waals surface area contributed by atoms with Crippen LogP contribution in [0.5, 0.6) is 0 Å².